The molecule has 0 saturated heterocycles. The molecule has 6 heteroatoms. The largest absolute Gasteiger partial charge is 0.505 e. The third-order valence-corrected chi connectivity index (χ3v) is 2.73. The van der Waals surface area contributed by atoms with Crippen molar-refractivity contribution in [2.45, 2.75) is 6.42 Å². The number of benzene rings is 1. The van der Waals surface area contributed by atoms with E-state index in [-0.39, 0.29) is 23.2 Å². The van der Waals surface area contributed by atoms with E-state index in [2.05, 4.69) is 15.1 Å². The molecular weight excluding hydrogens is 261 g/mol. The van der Waals surface area contributed by atoms with Crippen molar-refractivity contribution >= 4 is 0 Å². The lowest BCUT2D eigenvalue weighted by atomic mass is 10.1. The first kappa shape index (κ1) is 12.3. The highest BCUT2D eigenvalue weighted by Crippen LogP contribution is 2.24. The molecule has 0 unspecified atom stereocenters. The van der Waals surface area contributed by atoms with E-state index in [1.165, 1.54) is 24.4 Å². The Labute approximate surface area is 113 Å². The SMILES string of the molecule is Oc1cccnc1-c1nc(Cc2ccc(F)cc2)no1. The van der Waals surface area contributed by atoms with Crippen LogP contribution in [-0.2, 0) is 6.42 Å². The van der Waals surface area contributed by atoms with Gasteiger partial charge in [0.05, 0.1) is 0 Å². The molecule has 0 atom stereocenters. The van der Waals surface area contributed by atoms with Gasteiger partial charge in [0.1, 0.15) is 11.6 Å². The number of pyridine rings is 1. The third-order valence-electron chi connectivity index (χ3n) is 2.73. The molecule has 5 nitrogen and oxygen atoms in total. The molecule has 0 saturated carbocycles. The van der Waals surface area contributed by atoms with Gasteiger partial charge in [0, 0.05) is 12.6 Å². The zero-order valence-corrected chi connectivity index (χ0v) is 10.3. The minimum Gasteiger partial charge on any atom is -0.505 e. The average molecular weight is 271 g/mol. The fourth-order valence-corrected chi connectivity index (χ4v) is 1.77. The van der Waals surface area contributed by atoms with Gasteiger partial charge in [0.2, 0.25) is 0 Å². The van der Waals surface area contributed by atoms with Gasteiger partial charge in [-0.2, -0.15) is 4.98 Å². The van der Waals surface area contributed by atoms with Crippen LogP contribution in [0.2, 0.25) is 0 Å². The van der Waals surface area contributed by atoms with E-state index in [9.17, 15) is 9.50 Å². The molecule has 0 amide bonds. The van der Waals surface area contributed by atoms with Crippen molar-refractivity contribution in [1.29, 1.82) is 0 Å². The van der Waals surface area contributed by atoms with E-state index in [1.807, 2.05) is 0 Å². The number of rotatable bonds is 3. The number of halogens is 1. The Morgan fingerprint density at radius 2 is 1.95 bits per heavy atom. The smallest absolute Gasteiger partial charge is 0.280 e. The van der Waals surface area contributed by atoms with E-state index >= 15 is 0 Å². The summed E-state index contributed by atoms with van der Waals surface area (Å²) >= 11 is 0. The Morgan fingerprint density at radius 3 is 2.70 bits per heavy atom. The van der Waals surface area contributed by atoms with Crippen LogP contribution in [0.1, 0.15) is 11.4 Å². The van der Waals surface area contributed by atoms with Crippen molar-refractivity contribution < 1.29 is 14.0 Å². The summed E-state index contributed by atoms with van der Waals surface area (Å²) in [5, 5.41) is 13.5. The molecule has 0 aliphatic carbocycles. The first-order chi connectivity index (χ1) is 9.72. The number of aromatic nitrogens is 3. The summed E-state index contributed by atoms with van der Waals surface area (Å²) in [5.41, 5.74) is 1.11. The highest BCUT2D eigenvalue weighted by Gasteiger charge is 2.14. The number of aromatic hydroxyl groups is 1. The van der Waals surface area contributed by atoms with Gasteiger partial charge in [0.25, 0.3) is 5.89 Å². The van der Waals surface area contributed by atoms with Crippen molar-refractivity contribution in [2.75, 3.05) is 0 Å². The van der Waals surface area contributed by atoms with Crippen LogP contribution in [0.4, 0.5) is 4.39 Å². The Hall–Kier alpha value is -2.76. The molecular formula is C14H10FN3O2. The van der Waals surface area contributed by atoms with Crippen molar-refractivity contribution in [3.05, 3.63) is 59.8 Å². The minimum atomic E-state index is -0.291. The number of hydrogen-bond donors (Lipinski definition) is 1. The van der Waals surface area contributed by atoms with Gasteiger partial charge in [-0.1, -0.05) is 17.3 Å². The normalized spacial score (nSPS) is 10.7. The lowest BCUT2D eigenvalue weighted by Gasteiger charge is -1.96. The standard InChI is InChI=1S/C14H10FN3O2/c15-10-5-3-9(4-6-10)8-12-17-14(20-18-12)13-11(19)2-1-7-16-13/h1-7,19H,8H2. The summed E-state index contributed by atoms with van der Waals surface area (Å²) in [7, 11) is 0. The molecule has 1 N–H and O–H groups in total. The van der Waals surface area contributed by atoms with Crippen LogP contribution in [-0.4, -0.2) is 20.2 Å². The summed E-state index contributed by atoms with van der Waals surface area (Å²) in [6.45, 7) is 0. The highest BCUT2D eigenvalue weighted by molar-refractivity contribution is 5.55. The molecule has 3 aromatic rings. The average Bonchev–Trinajstić information content (AvgIpc) is 2.90. The summed E-state index contributed by atoms with van der Waals surface area (Å²) in [4.78, 5) is 8.15. The van der Waals surface area contributed by atoms with E-state index in [4.69, 9.17) is 4.52 Å². The number of hydrogen-bond acceptors (Lipinski definition) is 5. The molecule has 2 heterocycles. The van der Waals surface area contributed by atoms with Gasteiger partial charge in [-0.25, -0.2) is 9.37 Å². The summed E-state index contributed by atoms with van der Waals surface area (Å²) in [6.07, 6.45) is 1.94. The second kappa shape index (κ2) is 5.08. The van der Waals surface area contributed by atoms with Gasteiger partial charge in [0.15, 0.2) is 11.5 Å². The fourth-order valence-electron chi connectivity index (χ4n) is 1.77. The number of nitrogens with zero attached hydrogens (tertiary/aromatic N) is 3. The van der Waals surface area contributed by atoms with Crippen molar-refractivity contribution in [3.63, 3.8) is 0 Å². The molecule has 0 spiro atoms. The van der Waals surface area contributed by atoms with Crippen LogP contribution in [0.5, 0.6) is 5.75 Å². The van der Waals surface area contributed by atoms with Gasteiger partial charge >= 0.3 is 0 Å². The van der Waals surface area contributed by atoms with Crippen LogP contribution >= 0.6 is 0 Å². The van der Waals surface area contributed by atoms with E-state index < -0.39 is 0 Å². The molecule has 0 aliphatic heterocycles. The predicted molar refractivity (Wildman–Crippen MR) is 68.4 cm³/mol. The molecule has 0 fully saturated rings. The van der Waals surface area contributed by atoms with Gasteiger partial charge in [-0.15, -0.1) is 0 Å². The lowest BCUT2D eigenvalue weighted by molar-refractivity contribution is 0.416. The van der Waals surface area contributed by atoms with E-state index in [0.29, 0.717) is 12.2 Å². The van der Waals surface area contributed by atoms with Crippen LogP contribution < -0.4 is 0 Å². The Kier molecular flexibility index (Phi) is 3.12. The molecule has 100 valence electrons. The summed E-state index contributed by atoms with van der Waals surface area (Å²) in [5.74, 6) is 0.280. The van der Waals surface area contributed by atoms with Gasteiger partial charge in [-0.3, -0.25) is 0 Å². The van der Waals surface area contributed by atoms with Gasteiger partial charge < -0.3 is 9.63 Å². The Morgan fingerprint density at radius 1 is 1.15 bits per heavy atom. The van der Waals surface area contributed by atoms with Crippen molar-refractivity contribution in [3.8, 4) is 17.3 Å². The second-order valence-electron chi connectivity index (χ2n) is 4.19. The quantitative estimate of drug-likeness (QED) is 0.792. The molecule has 3 rings (SSSR count). The third kappa shape index (κ3) is 2.49. The Bertz CT molecular complexity index is 725. The highest BCUT2D eigenvalue weighted by atomic mass is 19.1. The second-order valence-corrected chi connectivity index (χ2v) is 4.19. The van der Waals surface area contributed by atoms with Crippen LogP contribution in [0.25, 0.3) is 11.6 Å². The van der Waals surface area contributed by atoms with Gasteiger partial charge in [-0.05, 0) is 29.8 Å². The van der Waals surface area contributed by atoms with E-state index in [1.54, 1.807) is 18.2 Å². The Balaban J connectivity index is 1.84. The topological polar surface area (TPSA) is 72.0 Å². The van der Waals surface area contributed by atoms with E-state index in [0.717, 1.165) is 5.56 Å². The minimum absolute atomic E-state index is 0.0236. The molecule has 1 aromatic carbocycles. The lowest BCUT2D eigenvalue weighted by Crippen LogP contribution is -1.91. The first-order valence-electron chi connectivity index (χ1n) is 5.94. The maximum Gasteiger partial charge on any atom is 0.280 e. The maximum atomic E-state index is 12.8. The first-order valence-corrected chi connectivity index (χ1v) is 5.94. The van der Waals surface area contributed by atoms with Crippen LogP contribution in [0.3, 0.4) is 0 Å². The molecule has 2 aromatic heterocycles. The molecule has 0 radical (unpaired) electrons. The monoisotopic (exact) mass is 271 g/mol. The van der Waals surface area contributed by atoms with Crippen molar-refractivity contribution in [1.82, 2.24) is 15.1 Å². The summed E-state index contributed by atoms with van der Waals surface area (Å²) in [6, 6.07) is 9.16. The fraction of sp³-hybridized carbons (Fsp3) is 0.0714. The predicted octanol–water partition coefficient (Wildman–Crippen LogP) is 2.57. The summed E-state index contributed by atoms with van der Waals surface area (Å²) < 4.78 is 17.9. The molecule has 20 heavy (non-hydrogen) atoms. The van der Waals surface area contributed by atoms with Crippen LogP contribution in [0, 0.1) is 5.82 Å². The molecule has 0 aliphatic rings. The van der Waals surface area contributed by atoms with Crippen molar-refractivity contribution in [2.24, 2.45) is 0 Å². The maximum absolute atomic E-state index is 12.8. The zero-order chi connectivity index (χ0) is 13.9. The van der Waals surface area contributed by atoms with Crippen LogP contribution in [0.15, 0.2) is 47.1 Å². The zero-order valence-electron chi connectivity index (χ0n) is 10.3. The molecule has 0 bridgehead atoms.